The summed E-state index contributed by atoms with van der Waals surface area (Å²) in [6.07, 6.45) is -5.23. The van der Waals surface area contributed by atoms with Gasteiger partial charge in [0.05, 0.1) is 19.3 Å². The monoisotopic (exact) mass is 531 g/mol. The molecule has 8 N–H and O–H groups in total. The first-order chi connectivity index (χ1) is 15.8. The highest BCUT2D eigenvalue weighted by molar-refractivity contribution is 7.61. The van der Waals surface area contributed by atoms with E-state index in [2.05, 4.69) is 13.4 Å². The van der Waals surface area contributed by atoms with Crippen molar-refractivity contribution in [1.82, 2.24) is 9.55 Å². The molecule has 0 aromatic carbocycles. The lowest BCUT2D eigenvalue weighted by Gasteiger charge is -2.30. The minimum Gasteiger partial charge on any atom is -0.393 e. The predicted octanol–water partition coefficient (Wildman–Crippen LogP) is -2.99. The standard InChI is InChI=1S/C15H23N3O14P2/c16-8-2-1-7(5-19)29-14(8)31-34(26,27)32-33(24,25)28-6-9-11(21)12(22)13(30-9)18-4-3-10(20)17-15(18)23/h1-4,7-9,11-14,19,21-22H,5-6,16H2,(H,24,25)(H,26,27)(H,17,20,23)/t7?,8?,9-,11-,12-,13-,14?/m1/s1. The van der Waals surface area contributed by atoms with Gasteiger partial charge in [-0.25, -0.2) is 13.9 Å². The molecule has 1 fully saturated rings. The molecule has 0 bridgehead atoms. The number of aliphatic hydroxyl groups excluding tert-OH is 3. The number of nitrogens with zero attached hydrogens (tertiary/aromatic N) is 1. The number of ether oxygens (including phenoxy) is 2. The zero-order valence-electron chi connectivity index (χ0n) is 17.1. The van der Waals surface area contributed by atoms with Crippen LogP contribution in [0.5, 0.6) is 0 Å². The van der Waals surface area contributed by atoms with Crippen LogP contribution in [-0.2, 0) is 32.0 Å². The summed E-state index contributed by atoms with van der Waals surface area (Å²) in [4.78, 5) is 44.6. The van der Waals surface area contributed by atoms with Crippen molar-refractivity contribution in [3.8, 4) is 0 Å². The maximum Gasteiger partial charge on any atom is 0.483 e. The zero-order valence-corrected chi connectivity index (χ0v) is 18.9. The van der Waals surface area contributed by atoms with Crippen LogP contribution in [0.3, 0.4) is 0 Å². The number of nitrogens with two attached hydrogens (primary N) is 1. The molecule has 0 spiro atoms. The average molecular weight is 531 g/mol. The number of hydrogen-bond acceptors (Lipinski definition) is 13. The fourth-order valence-corrected chi connectivity index (χ4v) is 5.22. The molecule has 9 atom stereocenters. The van der Waals surface area contributed by atoms with Gasteiger partial charge in [0.15, 0.2) is 12.5 Å². The molecule has 0 amide bonds. The molecule has 2 aliphatic heterocycles. The summed E-state index contributed by atoms with van der Waals surface area (Å²) >= 11 is 0. The lowest BCUT2D eigenvalue weighted by Crippen LogP contribution is -2.43. The number of H-pyrrole nitrogens is 1. The highest BCUT2D eigenvalue weighted by atomic mass is 31.3. The van der Waals surface area contributed by atoms with E-state index in [0.29, 0.717) is 0 Å². The third kappa shape index (κ3) is 6.56. The molecule has 1 saturated heterocycles. The van der Waals surface area contributed by atoms with Crippen molar-refractivity contribution in [1.29, 1.82) is 0 Å². The molecular weight excluding hydrogens is 508 g/mol. The van der Waals surface area contributed by atoms with E-state index in [1.54, 1.807) is 0 Å². The van der Waals surface area contributed by atoms with Gasteiger partial charge in [-0.15, -0.1) is 0 Å². The predicted molar refractivity (Wildman–Crippen MR) is 108 cm³/mol. The van der Waals surface area contributed by atoms with E-state index < -0.39 is 83.1 Å². The van der Waals surface area contributed by atoms with Crippen molar-refractivity contribution in [3.05, 3.63) is 45.3 Å². The summed E-state index contributed by atoms with van der Waals surface area (Å²) in [7, 11) is -10.6. The van der Waals surface area contributed by atoms with Gasteiger partial charge in [-0.05, 0) is 0 Å². The average Bonchev–Trinajstić information content (AvgIpc) is 3.01. The summed E-state index contributed by atoms with van der Waals surface area (Å²) < 4.78 is 48.8. The van der Waals surface area contributed by atoms with Gasteiger partial charge >= 0.3 is 21.3 Å². The molecule has 3 rings (SSSR count). The Kier molecular flexibility index (Phi) is 8.42. The second-order valence-electron chi connectivity index (χ2n) is 7.17. The first-order valence-electron chi connectivity index (χ1n) is 9.55. The number of nitrogens with one attached hydrogen (secondary N) is 1. The molecule has 34 heavy (non-hydrogen) atoms. The summed E-state index contributed by atoms with van der Waals surface area (Å²) in [5.74, 6) is 0. The Morgan fingerprint density at radius 1 is 1.12 bits per heavy atom. The van der Waals surface area contributed by atoms with Gasteiger partial charge in [0.25, 0.3) is 5.56 Å². The Labute approximate surface area is 190 Å². The Hall–Kier alpha value is -1.56. The molecule has 0 aliphatic carbocycles. The Bertz CT molecular complexity index is 1110. The van der Waals surface area contributed by atoms with Gasteiger partial charge in [-0.3, -0.25) is 23.4 Å². The van der Waals surface area contributed by atoms with Gasteiger partial charge in [0, 0.05) is 12.3 Å². The van der Waals surface area contributed by atoms with Gasteiger partial charge < -0.3 is 40.3 Å². The van der Waals surface area contributed by atoms with Crippen molar-refractivity contribution in [2.75, 3.05) is 13.2 Å². The summed E-state index contributed by atoms with van der Waals surface area (Å²) in [6.45, 7) is -1.43. The van der Waals surface area contributed by atoms with Crippen LogP contribution in [0.25, 0.3) is 0 Å². The van der Waals surface area contributed by atoms with Crippen molar-refractivity contribution in [2.45, 2.75) is 43.0 Å². The Morgan fingerprint density at radius 3 is 2.47 bits per heavy atom. The van der Waals surface area contributed by atoms with Gasteiger partial charge in [0.1, 0.15) is 24.4 Å². The number of phosphoric acid groups is 2. The molecule has 19 heteroatoms. The number of aromatic nitrogens is 2. The van der Waals surface area contributed by atoms with Crippen LogP contribution in [0.1, 0.15) is 6.23 Å². The SMILES string of the molecule is NC1C=CC(CO)OC1OP(=O)(O)OP(=O)(O)OC[C@H]1O[C@@H](n2ccc(=O)[nH]c2=O)[C@H](O)[C@@H]1O. The van der Waals surface area contributed by atoms with E-state index in [-0.39, 0.29) is 0 Å². The largest absolute Gasteiger partial charge is 0.483 e. The van der Waals surface area contributed by atoms with Crippen LogP contribution in [0, 0.1) is 0 Å². The molecule has 2 aliphatic rings. The Balaban J connectivity index is 1.60. The zero-order chi connectivity index (χ0) is 25.3. The molecule has 5 unspecified atom stereocenters. The number of hydrogen-bond donors (Lipinski definition) is 7. The fourth-order valence-electron chi connectivity index (χ4n) is 3.05. The fraction of sp³-hybridized carbons (Fsp3) is 0.600. The molecule has 17 nitrogen and oxygen atoms in total. The number of aliphatic hydroxyl groups is 3. The van der Waals surface area contributed by atoms with E-state index in [0.717, 1.165) is 16.8 Å². The van der Waals surface area contributed by atoms with E-state index in [9.17, 15) is 38.7 Å². The minimum atomic E-state index is -5.32. The van der Waals surface area contributed by atoms with E-state index in [4.69, 9.17) is 20.3 Å². The van der Waals surface area contributed by atoms with Crippen LogP contribution in [-0.4, -0.2) is 84.6 Å². The first-order valence-corrected chi connectivity index (χ1v) is 12.5. The van der Waals surface area contributed by atoms with Crippen LogP contribution < -0.4 is 17.0 Å². The van der Waals surface area contributed by atoms with E-state index >= 15 is 0 Å². The third-order valence-electron chi connectivity index (χ3n) is 4.66. The number of phosphoric ester groups is 2. The van der Waals surface area contributed by atoms with Crippen LogP contribution in [0.15, 0.2) is 34.0 Å². The molecule has 1 aromatic rings. The van der Waals surface area contributed by atoms with E-state index in [1.165, 1.54) is 12.2 Å². The van der Waals surface area contributed by atoms with Crippen LogP contribution in [0.4, 0.5) is 0 Å². The first kappa shape index (κ1) is 27.0. The summed E-state index contributed by atoms with van der Waals surface area (Å²) in [5, 5.41) is 29.3. The molecule has 0 radical (unpaired) electrons. The maximum atomic E-state index is 12.1. The van der Waals surface area contributed by atoms with Gasteiger partial charge in [-0.1, -0.05) is 12.2 Å². The highest BCUT2D eigenvalue weighted by Crippen LogP contribution is 2.61. The molecule has 192 valence electrons. The maximum absolute atomic E-state index is 12.1. The Morgan fingerprint density at radius 2 is 1.82 bits per heavy atom. The third-order valence-corrected chi connectivity index (χ3v) is 7.26. The normalized spacial score (nSPS) is 35.1. The second-order valence-corrected chi connectivity index (χ2v) is 10.2. The number of aromatic amines is 1. The highest BCUT2D eigenvalue weighted by Gasteiger charge is 2.46. The summed E-state index contributed by atoms with van der Waals surface area (Å²) in [6, 6.07) is -0.106. The summed E-state index contributed by atoms with van der Waals surface area (Å²) in [5.41, 5.74) is 3.96. The van der Waals surface area contributed by atoms with Gasteiger partial charge in [0.2, 0.25) is 0 Å². The minimum absolute atomic E-state index is 0.497. The van der Waals surface area contributed by atoms with Crippen molar-refractivity contribution >= 4 is 15.6 Å². The second kappa shape index (κ2) is 10.6. The molecule has 3 heterocycles. The van der Waals surface area contributed by atoms with E-state index in [1.807, 2.05) is 4.98 Å². The van der Waals surface area contributed by atoms with Crippen molar-refractivity contribution < 1.29 is 57.1 Å². The lowest BCUT2D eigenvalue weighted by molar-refractivity contribution is -0.136. The molecule has 1 aromatic heterocycles. The lowest BCUT2D eigenvalue weighted by atomic mass is 10.1. The number of rotatable bonds is 9. The van der Waals surface area contributed by atoms with Crippen molar-refractivity contribution in [3.63, 3.8) is 0 Å². The van der Waals surface area contributed by atoms with Crippen molar-refractivity contribution in [2.24, 2.45) is 5.73 Å². The van der Waals surface area contributed by atoms with Crippen LogP contribution in [0.2, 0.25) is 0 Å². The smallest absolute Gasteiger partial charge is 0.393 e. The van der Waals surface area contributed by atoms with Gasteiger partial charge in [-0.2, -0.15) is 4.31 Å². The quantitative estimate of drug-likeness (QED) is 0.124. The molecular formula is C15H23N3O14P2. The topological polar surface area (TPSA) is 262 Å². The molecule has 0 saturated carbocycles. The van der Waals surface area contributed by atoms with Crippen LogP contribution >= 0.6 is 15.6 Å².